The van der Waals surface area contributed by atoms with Gasteiger partial charge in [-0.15, -0.1) is 0 Å². The molecule has 0 bridgehead atoms. The second kappa shape index (κ2) is 3.88. The van der Waals surface area contributed by atoms with Crippen molar-refractivity contribution in [2.75, 3.05) is 27.4 Å². The average Bonchev–Trinajstić information content (AvgIpc) is 2.05. The molecule has 0 saturated carbocycles. The Morgan fingerprint density at radius 2 is 1.40 bits per heavy atom. The van der Waals surface area contributed by atoms with E-state index in [-0.39, 0.29) is 12.6 Å². The van der Waals surface area contributed by atoms with Crippen molar-refractivity contribution in [3.8, 4) is 0 Å². The Hall–Kier alpha value is -0.160. The van der Waals surface area contributed by atoms with Crippen LogP contribution in [0.2, 0.25) is 0 Å². The fourth-order valence-corrected chi connectivity index (χ4v) is 0.740. The molecule has 10 heavy (non-hydrogen) atoms. The molecule has 0 N–H and O–H groups in total. The van der Waals surface area contributed by atoms with E-state index in [1.165, 1.54) is 0 Å². The van der Waals surface area contributed by atoms with Crippen LogP contribution in [-0.4, -0.2) is 40.0 Å². The Kier molecular flexibility index (Phi) is 3.08. The van der Waals surface area contributed by atoms with E-state index in [0.29, 0.717) is 13.2 Å². The molecule has 2 unspecified atom stereocenters. The van der Waals surface area contributed by atoms with Crippen molar-refractivity contribution in [1.29, 1.82) is 0 Å². The molecule has 0 spiro atoms. The van der Waals surface area contributed by atoms with E-state index in [2.05, 4.69) is 0 Å². The summed E-state index contributed by atoms with van der Waals surface area (Å²) < 4.78 is 20.1. The first-order chi connectivity index (χ1) is 4.86. The molecule has 4 nitrogen and oxygen atoms in total. The Labute approximate surface area is 60.0 Å². The summed E-state index contributed by atoms with van der Waals surface area (Å²) in [4.78, 5) is 0. The molecule has 0 aromatic rings. The largest absolute Gasteiger partial charge is 0.354 e. The third kappa shape index (κ3) is 1.91. The Balaban J connectivity index is 2.17. The number of hydrogen-bond donors (Lipinski definition) is 0. The summed E-state index contributed by atoms with van der Waals surface area (Å²) in [5.74, 6) is 0. The quantitative estimate of drug-likeness (QED) is 0.551. The minimum Gasteiger partial charge on any atom is -0.354 e. The molecule has 0 aromatic carbocycles. The second-order valence-electron chi connectivity index (χ2n) is 2.00. The molecular weight excluding hydrogens is 136 g/mol. The third-order valence-electron chi connectivity index (χ3n) is 1.36. The molecule has 1 heterocycles. The van der Waals surface area contributed by atoms with E-state index in [9.17, 15) is 0 Å². The van der Waals surface area contributed by atoms with Crippen LogP contribution in [0, 0.1) is 0 Å². The summed E-state index contributed by atoms with van der Waals surface area (Å²) in [5, 5.41) is 0. The van der Waals surface area contributed by atoms with Gasteiger partial charge in [0.15, 0.2) is 12.6 Å². The Morgan fingerprint density at radius 1 is 1.00 bits per heavy atom. The van der Waals surface area contributed by atoms with Gasteiger partial charge in [0.05, 0.1) is 0 Å². The topological polar surface area (TPSA) is 36.9 Å². The lowest BCUT2D eigenvalue weighted by molar-refractivity contribution is -0.277. The fourth-order valence-electron chi connectivity index (χ4n) is 0.740. The second-order valence-corrected chi connectivity index (χ2v) is 2.00. The lowest BCUT2D eigenvalue weighted by Gasteiger charge is -2.27. The average molecular weight is 148 g/mol. The van der Waals surface area contributed by atoms with Crippen LogP contribution in [-0.2, 0) is 18.9 Å². The van der Waals surface area contributed by atoms with Crippen molar-refractivity contribution in [2.24, 2.45) is 0 Å². The maximum Gasteiger partial charge on any atom is 0.180 e. The van der Waals surface area contributed by atoms with Gasteiger partial charge in [0.25, 0.3) is 0 Å². The molecular formula is C6H12O4. The van der Waals surface area contributed by atoms with Gasteiger partial charge in [-0.25, -0.2) is 0 Å². The highest BCUT2D eigenvalue weighted by Gasteiger charge is 2.20. The van der Waals surface area contributed by atoms with Crippen LogP contribution < -0.4 is 0 Å². The maximum atomic E-state index is 5.16. The fraction of sp³-hybridized carbons (Fsp3) is 1.00. The molecule has 4 heteroatoms. The molecule has 1 saturated heterocycles. The van der Waals surface area contributed by atoms with Crippen molar-refractivity contribution in [1.82, 2.24) is 0 Å². The van der Waals surface area contributed by atoms with Crippen molar-refractivity contribution in [2.45, 2.75) is 12.6 Å². The van der Waals surface area contributed by atoms with Gasteiger partial charge in [-0.2, -0.15) is 0 Å². The zero-order chi connectivity index (χ0) is 7.40. The van der Waals surface area contributed by atoms with Crippen LogP contribution in [0.3, 0.4) is 0 Å². The lowest BCUT2D eigenvalue weighted by Crippen LogP contribution is -2.37. The number of ether oxygens (including phenoxy) is 4. The molecule has 60 valence electrons. The zero-order valence-electron chi connectivity index (χ0n) is 6.20. The van der Waals surface area contributed by atoms with Gasteiger partial charge in [-0.3, -0.25) is 0 Å². The number of rotatable bonds is 2. The number of methoxy groups -OCH3 is 2. The molecule has 1 aliphatic rings. The first-order valence-electron chi connectivity index (χ1n) is 3.15. The summed E-state index contributed by atoms with van der Waals surface area (Å²) >= 11 is 0. The normalized spacial score (nSPS) is 34.2. The minimum atomic E-state index is -0.230. The molecule has 1 fully saturated rings. The van der Waals surface area contributed by atoms with Crippen LogP contribution in [0.15, 0.2) is 0 Å². The smallest absolute Gasteiger partial charge is 0.180 e. The molecule has 1 rings (SSSR count). The summed E-state index contributed by atoms with van der Waals surface area (Å²) in [6.07, 6.45) is -0.460. The molecule has 1 aliphatic heterocycles. The standard InChI is InChI=1S/C6H12O4/c1-7-5-3-10-6(8-2)4-9-5/h5-6H,3-4H2,1-2H3. The van der Waals surface area contributed by atoms with E-state index in [0.717, 1.165) is 0 Å². The van der Waals surface area contributed by atoms with Gasteiger partial charge in [0.2, 0.25) is 0 Å². The Bertz CT molecular complexity index is 75.7. The SMILES string of the molecule is COC1COC(OC)CO1. The highest BCUT2D eigenvalue weighted by molar-refractivity contribution is 4.52. The predicted octanol–water partition coefficient (Wildman–Crippen LogP) is -0.0218. The molecule has 0 aliphatic carbocycles. The zero-order valence-corrected chi connectivity index (χ0v) is 6.20. The first-order valence-corrected chi connectivity index (χ1v) is 3.15. The van der Waals surface area contributed by atoms with Gasteiger partial charge in [0.1, 0.15) is 13.2 Å². The summed E-state index contributed by atoms with van der Waals surface area (Å²) in [7, 11) is 3.17. The van der Waals surface area contributed by atoms with Crippen LogP contribution in [0.25, 0.3) is 0 Å². The maximum absolute atomic E-state index is 5.16. The monoisotopic (exact) mass is 148 g/mol. The van der Waals surface area contributed by atoms with Crippen molar-refractivity contribution < 1.29 is 18.9 Å². The van der Waals surface area contributed by atoms with Gasteiger partial charge in [0, 0.05) is 14.2 Å². The van der Waals surface area contributed by atoms with Gasteiger partial charge < -0.3 is 18.9 Å². The highest BCUT2D eigenvalue weighted by Crippen LogP contribution is 2.07. The van der Waals surface area contributed by atoms with Crippen LogP contribution in [0.1, 0.15) is 0 Å². The van der Waals surface area contributed by atoms with E-state index >= 15 is 0 Å². The van der Waals surface area contributed by atoms with Crippen molar-refractivity contribution in [3.63, 3.8) is 0 Å². The van der Waals surface area contributed by atoms with Crippen LogP contribution in [0.5, 0.6) is 0 Å². The number of hydrogen-bond acceptors (Lipinski definition) is 4. The van der Waals surface area contributed by atoms with E-state index < -0.39 is 0 Å². The lowest BCUT2D eigenvalue weighted by atomic mass is 10.5. The van der Waals surface area contributed by atoms with Gasteiger partial charge >= 0.3 is 0 Å². The van der Waals surface area contributed by atoms with Gasteiger partial charge in [-0.1, -0.05) is 0 Å². The minimum absolute atomic E-state index is 0.230. The van der Waals surface area contributed by atoms with E-state index in [1.807, 2.05) is 0 Å². The first kappa shape index (κ1) is 7.94. The van der Waals surface area contributed by atoms with E-state index in [1.54, 1.807) is 14.2 Å². The van der Waals surface area contributed by atoms with Crippen molar-refractivity contribution in [3.05, 3.63) is 0 Å². The summed E-state index contributed by atoms with van der Waals surface area (Å²) in [6, 6.07) is 0. The summed E-state index contributed by atoms with van der Waals surface area (Å²) in [6.45, 7) is 0.879. The molecule has 0 amide bonds. The van der Waals surface area contributed by atoms with Crippen LogP contribution in [0.4, 0.5) is 0 Å². The Morgan fingerprint density at radius 3 is 1.60 bits per heavy atom. The highest BCUT2D eigenvalue weighted by atomic mass is 16.8. The summed E-state index contributed by atoms with van der Waals surface area (Å²) in [5.41, 5.74) is 0. The van der Waals surface area contributed by atoms with Crippen LogP contribution >= 0.6 is 0 Å². The van der Waals surface area contributed by atoms with Crippen molar-refractivity contribution >= 4 is 0 Å². The molecule has 0 aromatic heterocycles. The van der Waals surface area contributed by atoms with Gasteiger partial charge in [-0.05, 0) is 0 Å². The molecule has 2 atom stereocenters. The molecule has 0 radical (unpaired) electrons. The van der Waals surface area contributed by atoms with E-state index in [4.69, 9.17) is 18.9 Å². The predicted molar refractivity (Wildman–Crippen MR) is 33.5 cm³/mol. The third-order valence-corrected chi connectivity index (χ3v) is 1.36.